The van der Waals surface area contributed by atoms with E-state index in [0.29, 0.717) is 25.7 Å². The first-order valence-corrected chi connectivity index (χ1v) is 6.48. The maximum Gasteiger partial charge on any atom is 0.0785 e. The van der Waals surface area contributed by atoms with E-state index in [1.54, 1.807) is 18.2 Å². The Morgan fingerprint density at radius 2 is 1.41 bits per heavy atom. The molecule has 0 aromatic heterocycles. The van der Waals surface area contributed by atoms with Crippen LogP contribution in [0.25, 0.3) is 11.1 Å². The van der Waals surface area contributed by atoms with Crippen molar-refractivity contribution in [3.8, 4) is 11.1 Å². The average Bonchev–Trinajstić information content (AvgIpc) is 2.26. The molecule has 0 aliphatic carbocycles. The summed E-state index contributed by atoms with van der Waals surface area (Å²) in [6, 6.07) is 8.76. The molecule has 0 bridgehead atoms. The number of halogens is 5. The third kappa shape index (κ3) is 2.67. The molecule has 0 nitrogen and oxygen atoms in total. The molecule has 0 aliphatic rings. The standard InChI is InChI=1S/C12H5Cl5/c13-7-3-1-2-6(4-7)10-8(14)5-9(15)11(16)12(10)17/h1-5H. The highest BCUT2D eigenvalue weighted by Crippen LogP contribution is 2.43. The Kier molecular flexibility index (Phi) is 4.12. The molecule has 0 amide bonds. The largest absolute Gasteiger partial charge is 0.0843 e. The summed E-state index contributed by atoms with van der Waals surface area (Å²) < 4.78 is 0. The number of rotatable bonds is 1. The van der Waals surface area contributed by atoms with Crippen LogP contribution in [0.4, 0.5) is 0 Å². The van der Waals surface area contributed by atoms with Crippen molar-refractivity contribution in [1.82, 2.24) is 0 Å². The lowest BCUT2D eigenvalue weighted by atomic mass is 10.1. The first-order valence-electron chi connectivity index (χ1n) is 4.59. The van der Waals surface area contributed by atoms with Crippen LogP contribution in [0.2, 0.25) is 25.1 Å². The minimum Gasteiger partial charge on any atom is -0.0843 e. The highest BCUT2D eigenvalue weighted by molar-refractivity contribution is 6.51. The Balaban J connectivity index is 2.72. The second kappa shape index (κ2) is 5.26. The van der Waals surface area contributed by atoms with Crippen LogP contribution in [-0.4, -0.2) is 0 Å². The smallest absolute Gasteiger partial charge is 0.0785 e. The molecule has 2 aromatic carbocycles. The predicted octanol–water partition coefficient (Wildman–Crippen LogP) is 6.62. The van der Waals surface area contributed by atoms with Gasteiger partial charge < -0.3 is 0 Å². The molecule has 2 aromatic rings. The first-order chi connectivity index (χ1) is 8.00. The molecule has 2 rings (SSSR count). The molecule has 5 heteroatoms. The molecule has 0 unspecified atom stereocenters. The Bertz CT molecular complexity index is 577. The molecule has 0 atom stereocenters. The van der Waals surface area contributed by atoms with E-state index < -0.39 is 0 Å². The van der Waals surface area contributed by atoms with Gasteiger partial charge in [0.15, 0.2) is 0 Å². The fourth-order valence-electron chi connectivity index (χ4n) is 1.47. The van der Waals surface area contributed by atoms with E-state index in [1.165, 1.54) is 0 Å². The second-order valence-electron chi connectivity index (χ2n) is 3.35. The van der Waals surface area contributed by atoms with Crippen LogP contribution >= 0.6 is 58.0 Å². The van der Waals surface area contributed by atoms with Crippen LogP contribution in [0.15, 0.2) is 30.3 Å². The Morgan fingerprint density at radius 1 is 0.706 bits per heavy atom. The molecule has 0 fully saturated rings. The molecular formula is C12H5Cl5. The highest BCUT2D eigenvalue weighted by Gasteiger charge is 2.15. The number of benzene rings is 2. The van der Waals surface area contributed by atoms with Gasteiger partial charge in [-0.15, -0.1) is 0 Å². The van der Waals surface area contributed by atoms with Crippen molar-refractivity contribution in [1.29, 1.82) is 0 Å². The monoisotopic (exact) mass is 324 g/mol. The first kappa shape index (κ1) is 13.3. The summed E-state index contributed by atoms with van der Waals surface area (Å²) in [7, 11) is 0. The van der Waals surface area contributed by atoms with E-state index in [4.69, 9.17) is 58.0 Å². The second-order valence-corrected chi connectivity index (χ2v) is 5.36. The number of hydrogen-bond donors (Lipinski definition) is 0. The van der Waals surface area contributed by atoms with Crippen LogP contribution < -0.4 is 0 Å². The Labute approximate surface area is 124 Å². The van der Waals surface area contributed by atoms with Gasteiger partial charge in [-0.1, -0.05) is 70.1 Å². The molecule has 0 N–H and O–H groups in total. The van der Waals surface area contributed by atoms with Crippen molar-refractivity contribution in [2.24, 2.45) is 0 Å². The maximum absolute atomic E-state index is 6.15. The van der Waals surface area contributed by atoms with Crippen molar-refractivity contribution >= 4 is 58.0 Å². The molecule has 88 valence electrons. The van der Waals surface area contributed by atoms with E-state index in [-0.39, 0.29) is 5.02 Å². The van der Waals surface area contributed by atoms with Crippen molar-refractivity contribution in [2.75, 3.05) is 0 Å². The van der Waals surface area contributed by atoms with Crippen molar-refractivity contribution < 1.29 is 0 Å². The van der Waals surface area contributed by atoms with Crippen LogP contribution in [0.5, 0.6) is 0 Å². The maximum atomic E-state index is 6.15. The average molecular weight is 326 g/mol. The van der Waals surface area contributed by atoms with Gasteiger partial charge in [0, 0.05) is 10.6 Å². The molecule has 0 saturated carbocycles. The summed E-state index contributed by atoms with van der Waals surface area (Å²) in [5, 5.41) is 1.97. The van der Waals surface area contributed by atoms with Crippen molar-refractivity contribution in [2.45, 2.75) is 0 Å². The minimum atomic E-state index is 0.285. The van der Waals surface area contributed by atoms with Gasteiger partial charge in [0.2, 0.25) is 0 Å². The van der Waals surface area contributed by atoms with Gasteiger partial charge in [0.05, 0.1) is 20.1 Å². The van der Waals surface area contributed by atoms with Crippen LogP contribution in [0, 0.1) is 0 Å². The Morgan fingerprint density at radius 3 is 2.06 bits per heavy atom. The Hall–Kier alpha value is -0.110. The van der Waals surface area contributed by atoms with E-state index in [9.17, 15) is 0 Å². The van der Waals surface area contributed by atoms with Gasteiger partial charge in [0.25, 0.3) is 0 Å². The topological polar surface area (TPSA) is 0 Å². The normalized spacial score (nSPS) is 10.6. The lowest BCUT2D eigenvalue weighted by Gasteiger charge is -2.10. The molecule has 0 aliphatic heterocycles. The zero-order chi connectivity index (χ0) is 12.6. The third-order valence-corrected chi connectivity index (χ3v) is 4.02. The molecule has 0 spiro atoms. The van der Waals surface area contributed by atoms with Gasteiger partial charge in [0.1, 0.15) is 0 Å². The van der Waals surface area contributed by atoms with Crippen molar-refractivity contribution in [3.05, 3.63) is 55.4 Å². The lowest BCUT2D eigenvalue weighted by Crippen LogP contribution is -1.84. The molecule has 0 radical (unpaired) electrons. The summed E-state index contributed by atoms with van der Waals surface area (Å²) in [6.45, 7) is 0. The van der Waals surface area contributed by atoms with Crippen LogP contribution in [0.1, 0.15) is 0 Å². The van der Waals surface area contributed by atoms with E-state index in [2.05, 4.69) is 0 Å². The summed E-state index contributed by atoms with van der Waals surface area (Å²) in [5.74, 6) is 0. The summed E-state index contributed by atoms with van der Waals surface area (Å²) >= 11 is 30.1. The van der Waals surface area contributed by atoms with Gasteiger partial charge in [-0.3, -0.25) is 0 Å². The fraction of sp³-hybridized carbons (Fsp3) is 0. The van der Waals surface area contributed by atoms with Gasteiger partial charge >= 0.3 is 0 Å². The summed E-state index contributed by atoms with van der Waals surface area (Å²) in [6.07, 6.45) is 0. The van der Waals surface area contributed by atoms with Crippen LogP contribution in [-0.2, 0) is 0 Å². The molecule has 17 heavy (non-hydrogen) atoms. The molecule has 0 heterocycles. The third-order valence-electron chi connectivity index (χ3n) is 2.23. The van der Waals surface area contributed by atoms with Crippen molar-refractivity contribution in [3.63, 3.8) is 0 Å². The van der Waals surface area contributed by atoms with Crippen LogP contribution in [0.3, 0.4) is 0 Å². The van der Waals surface area contributed by atoms with Gasteiger partial charge in [-0.05, 0) is 23.8 Å². The summed E-state index contributed by atoms with van der Waals surface area (Å²) in [5.41, 5.74) is 1.43. The van der Waals surface area contributed by atoms with E-state index >= 15 is 0 Å². The lowest BCUT2D eigenvalue weighted by molar-refractivity contribution is 1.61. The fourth-order valence-corrected chi connectivity index (χ4v) is 2.80. The summed E-state index contributed by atoms with van der Waals surface area (Å²) in [4.78, 5) is 0. The van der Waals surface area contributed by atoms with Gasteiger partial charge in [-0.25, -0.2) is 0 Å². The van der Waals surface area contributed by atoms with E-state index in [1.807, 2.05) is 12.1 Å². The predicted molar refractivity (Wildman–Crippen MR) is 76.9 cm³/mol. The minimum absolute atomic E-state index is 0.285. The highest BCUT2D eigenvalue weighted by atomic mass is 35.5. The SMILES string of the molecule is Clc1cccc(-c2c(Cl)cc(Cl)c(Cl)c2Cl)c1. The molecule has 0 saturated heterocycles. The quantitative estimate of drug-likeness (QED) is 0.408. The molecular weight excluding hydrogens is 321 g/mol. The number of hydrogen-bond acceptors (Lipinski definition) is 0. The van der Waals surface area contributed by atoms with E-state index in [0.717, 1.165) is 5.56 Å². The van der Waals surface area contributed by atoms with Gasteiger partial charge in [-0.2, -0.15) is 0 Å². The zero-order valence-corrected chi connectivity index (χ0v) is 12.1. The zero-order valence-electron chi connectivity index (χ0n) is 8.28.